The molecule has 2 saturated carbocycles. The minimum Gasteiger partial charge on any atom is -0.489 e. The molecule has 2 aromatic carbocycles. The normalized spacial score (nSPS) is 28.5. The number of amides is 4. The van der Waals surface area contributed by atoms with Crippen LogP contribution in [0, 0.1) is 17.8 Å². The van der Waals surface area contributed by atoms with Gasteiger partial charge in [0.2, 0.25) is 27.7 Å². The van der Waals surface area contributed by atoms with E-state index in [2.05, 4.69) is 32.2 Å². The second kappa shape index (κ2) is 16.1. The smallest absolute Gasteiger partial charge is 0.259 e. The Morgan fingerprint density at radius 2 is 1.79 bits per heavy atom. The highest BCUT2D eigenvalue weighted by atomic mass is 32.2. The molecule has 4 heterocycles. The summed E-state index contributed by atoms with van der Waals surface area (Å²) < 4.78 is 40.6. The van der Waals surface area contributed by atoms with Crippen molar-refractivity contribution in [2.75, 3.05) is 50.6 Å². The fraction of sp³-hybridized carbons (Fsp3) is 0.533. The lowest BCUT2D eigenvalue weighted by atomic mass is 9.87. The molecule has 5 aliphatic rings. The fourth-order valence-electron chi connectivity index (χ4n) is 9.03. The van der Waals surface area contributed by atoms with Gasteiger partial charge in [0, 0.05) is 61.7 Å². The van der Waals surface area contributed by atoms with E-state index in [0.717, 1.165) is 35.5 Å². The molecule has 0 unspecified atom stereocenters. The molecule has 8 rings (SSSR count). The molecule has 3 fully saturated rings. The minimum absolute atomic E-state index is 0.0133. The minimum atomic E-state index is -4.01. The van der Waals surface area contributed by atoms with E-state index in [1.165, 1.54) is 4.90 Å². The number of likely N-dealkylation sites (N-methyl/N-ethyl adjacent to an activating group) is 1. The molecular weight excluding hydrogens is 799 g/mol. The van der Waals surface area contributed by atoms with Crippen LogP contribution in [-0.2, 0) is 24.4 Å². The van der Waals surface area contributed by atoms with Crippen LogP contribution in [0.5, 0.6) is 11.6 Å². The maximum atomic E-state index is 15.1. The van der Waals surface area contributed by atoms with E-state index >= 15 is 4.79 Å². The van der Waals surface area contributed by atoms with Gasteiger partial charge in [-0.2, -0.15) is 0 Å². The van der Waals surface area contributed by atoms with Gasteiger partial charge in [-0.3, -0.25) is 23.9 Å². The number of carbonyl (C=O) groups excluding carboxylic acids is 4. The first-order chi connectivity index (χ1) is 29.0. The van der Waals surface area contributed by atoms with E-state index in [4.69, 9.17) is 9.47 Å². The van der Waals surface area contributed by atoms with Crippen molar-refractivity contribution in [2.45, 2.75) is 94.2 Å². The summed E-state index contributed by atoms with van der Waals surface area (Å²) in [6, 6.07) is 10.7. The number of benzene rings is 2. The molecule has 2 aliphatic carbocycles. The maximum absolute atomic E-state index is 15.1. The number of hydrogen-bond acceptors (Lipinski definition) is 11. The SMILES string of the molecule is C[C@@H]1CCC=C[C@@H]2C[C@@]2(C(=O)NS(=O)(=O)C2(C)CC2)NC(=O)[C@@H]2C[C@@H](Oc3nccc4c5c(ccc34)N(C)CCO5)CN2C(=O)[C@@H](NC(=O)c2ccc(N(C)C)cc2)[C@H](C)C1. The molecule has 4 amide bonds. The first-order valence-corrected chi connectivity index (χ1v) is 22.8. The third-order valence-corrected chi connectivity index (χ3v) is 15.5. The second-order valence-corrected chi connectivity index (χ2v) is 20.4. The van der Waals surface area contributed by atoms with Crippen molar-refractivity contribution in [3.63, 3.8) is 0 Å². The molecule has 7 atom stereocenters. The van der Waals surface area contributed by atoms with Crippen molar-refractivity contribution in [1.82, 2.24) is 25.2 Å². The van der Waals surface area contributed by atoms with E-state index in [-0.39, 0.29) is 31.2 Å². The Hall–Kier alpha value is -5.38. The third kappa shape index (κ3) is 8.22. The number of pyridine rings is 1. The average Bonchev–Trinajstić information content (AvgIpc) is 4.11. The van der Waals surface area contributed by atoms with Crippen molar-refractivity contribution in [2.24, 2.45) is 17.8 Å². The van der Waals surface area contributed by atoms with E-state index < -0.39 is 68.0 Å². The van der Waals surface area contributed by atoms with Gasteiger partial charge in [-0.25, -0.2) is 13.4 Å². The molecule has 1 saturated heterocycles. The summed E-state index contributed by atoms with van der Waals surface area (Å²) >= 11 is 0. The topological polar surface area (TPSA) is 180 Å². The monoisotopic (exact) mass is 855 g/mol. The molecule has 326 valence electrons. The number of rotatable bonds is 8. The third-order valence-electron chi connectivity index (χ3n) is 13.4. The van der Waals surface area contributed by atoms with Crippen molar-refractivity contribution < 1.29 is 37.1 Å². The molecule has 3 aromatic rings. The van der Waals surface area contributed by atoms with Crippen molar-refractivity contribution in [1.29, 1.82) is 0 Å². The van der Waals surface area contributed by atoms with Gasteiger partial charge in [-0.05, 0) is 99.7 Å². The molecule has 16 heteroatoms. The lowest BCUT2D eigenvalue weighted by Crippen LogP contribution is -2.59. The summed E-state index contributed by atoms with van der Waals surface area (Å²) in [7, 11) is 1.82. The summed E-state index contributed by atoms with van der Waals surface area (Å²) in [6.07, 6.45) is 7.99. The molecule has 3 aliphatic heterocycles. The molecule has 1 aromatic heterocycles. The summed E-state index contributed by atoms with van der Waals surface area (Å²) in [5.41, 5.74) is 0.715. The van der Waals surface area contributed by atoms with Crippen molar-refractivity contribution in [3.8, 4) is 11.6 Å². The van der Waals surface area contributed by atoms with Crippen LogP contribution in [0.2, 0.25) is 0 Å². The van der Waals surface area contributed by atoms with E-state index in [9.17, 15) is 22.8 Å². The average molecular weight is 856 g/mol. The van der Waals surface area contributed by atoms with E-state index in [1.807, 2.05) is 75.5 Å². The van der Waals surface area contributed by atoms with Crippen LogP contribution in [0.15, 0.2) is 60.8 Å². The summed E-state index contributed by atoms with van der Waals surface area (Å²) in [6.45, 7) is 6.91. The van der Waals surface area contributed by atoms with Gasteiger partial charge in [0.15, 0.2) is 5.75 Å². The molecule has 0 bridgehead atoms. The molecule has 3 N–H and O–H groups in total. The van der Waals surface area contributed by atoms with Gasteiger partial charge in [0.05, 0.1) is 23.5 Å². The van der Waals surface area contributed by atoms with Gasteiger partial charge < -0.3 is 34.8 Å². The second-order valence-electron chi connectivity index (χ2n) is 18.2. The Balaban J connectivity index is 1.13. The number of carbonyl (C=O) groups is 4. The number of hydrogen-bond donors (Lipinski definition) is 3. The Morgan fingerprint density at radius 1 is 1.03 bits per heavy atom. The van der Waals surface area contributed by atoms with Gasteiger partial charge in [-0.1, -0.05) is 26.0 Å². The summed E-state index contributed by atoms with van der Waals surface area (Å²) in [5, 5.41) is 7.51. The number of allylic oxidation sites excluding steroid dienone is 1. The summed E-state index contributed by atoms with van der Waals surface area (Å²) in [4.78, 5) is 67.9. The van der Waals surface area contributed by atoms with Crippen LogP contribution in [0.1, 0.15) is 76.1 Å². The summed E-state index contributed by atoms with van der Waals surface area (Å²) in [5.74, 6) is -1.86. The maximum Gasteiger partial charge on any atom is 0.259 e. The number of ether oxygens (including phenoxy) is 2. The lowest BCUT2D eigenvalue weighted by molar-refractivity contribution is -0.142. The predicted octanol–water partition coefficient (Wildman–Crippen LogP) is 4.16. The van der Waals surface area contributed by atoms with Crippen molar-refractivity contribution >= 4 is 55.8 Å². The molecule has 15 nitrogen and oxygen atoms in total. The quantitative estimate of drug-likeness (QED) is 0.277. The van der Waals surface area contributed by atoms with Crippen LogP contribution in [0.25, 0.3) is 10.8 Å². The Labute approximate surface area is 357 Å². The lowest BCUT2D eigenvalue weighted by Gasteiger charge is -2.33. The highest BCUT2D eigenvalue weighted by molar-refractivity contribution is 7.91. The predicted molar refractivity (Wildman–Crippen MR) is 232 cm³/mol. The van der Waals surface area contributed by atoms with E-state index in [0.29, 0.717) is 49.1 Å². The standard InChI is InChI=1S/C45H57N7O8S/c1-27-9-7-8-10-30-25-45(30,43(56)49-61(57,58)44(3)18-19-44)48-40(54)36-24-32(60-41-34-15-16-35-38(33(34)17-20-46-41)59-22-21-51(35)6)26-52(36)42(55)37(28(2)23-27)47-39(53)29-11-13-31(14-12-29)50(4)5/h8,10-17,20,27-28,30,32,36-37H,7,9,18-19,21-26H2,1-6H3,(H,47,53)(H,48,54)(H,49,56)/t27-,28-,30-,32-,36+,37+,45-/m1/s1. The Morgan fingerprint density at radius 3 is 2.51 bits per heavy atom. The zero-order valence-electron chi connectivity index (χ0n) is 35.8. The molecule has 0 spiro atoms. The first kappa shape index (κ1) is 42.3. The Kier molecular flexibility index (Phi) is 11.2. The van der Waals surface area contributed by atoms with Crippen molar-refractivity contribution in [3.05, 3.63) is 66.4 Å². The van der Waals surface area contributed by atoms with Gasteiger partial charge in [-0.15, -0.1) is 0 Å². The number of nitrogens with zero attached hydrogens (tertiary/aromatic N) is 4. The number of sulfonamides is 1. The largest absolute Gasteiger partial charge is 0.489 e. The van der Waals surface area contributed by atoms with Crippen LogP contribution < -0.4 is 34.6 Å². The van der Waals surface area contributed by atoms with Crippen LogP contribution in [-0.4, -0.2) is 111 Å². The zero-order valence-corrected chi connectivity index (χ0v) is 36.6. The Bertz CT molecular complexity index is 2370. The molecular formula is C45H57N7O8S. The first-order valence-electron chi connectivity index (χ1n) is 21.4. The van der Waals surface area contributed by atoms with Crippen LogP contribution in [0.3, 0.4) is 0 Å². The highest BCUT2D eigenvalue weighted by Gasteiger charge is 2.63. The molecule has 61 heavy (non-hydrogen) atoms. The number of aromatic nitrogens is 1. The zero-order chi connectivity index (χ0) is 43.4. The number of anilines is 2. The van der Waals surface area contributed by atoms with Crippen LogP contribution >= 0.6 is 0 Å². The number of fused-ring (bicyclic) bond motifs is 5. The van der Waals surface area contributed by atoms with E-state index in [1.54, 1.807) is 25.3 Å². The molecule has 0 radical (unpaired) electrons. The number of nitrogens with one attached hydrogen (secondary N) is 3. The highest BCUT2D eigenvalue weighted by Crippen LogP contribution is 2.48. The fourth-order valence-corrected chi connectivity index (χ4v) is 10.3. The van der Waals surface area contributed by atoms with Gasteiger partial charge in [0.1, 0.15) is 30.3 Å². The van der Waals surface area contributed by atoms with Gasteiger partial charge >= 0.3 is 0 Å². The van der Waals surface area contributed by atoms with Gasteiger partial charge in [0.25, 0.3) is 11.8 Å². The van der Waals surface area contributed by atoms with Crippen LogP contribution in [0.4, 0.5) is 11.4 Å².